The molecule has 1 saturated heterocycles. The third-order valence-corrected chi connectivity index (χ3v) is 4.31. The quantitative estimate of drug-likeness (QED) is 0.777. The highest BCUT2D eigenvalue weighted by Crippen LogP contribution is 2.24. The molecule has 0 saturated carbocycles. The van der Waals surface area contributed by atoms with Crippen molar-refractivity contribution >= 4 is 28.4 Å². The highest BCUT2D eigenvalue weighted by atomic mass is 16.2. The average molecular weight is 320 g/mol. The number of amides is 2. The number of benzene rings is 1. The summed E-state index contributed by atoms with van der Waals surface area (Å²) in [6.07, 6.45) is 4.99. The van der Waals surface area contributed by atoms with E-state index in [1.807, 2.05) is 24.3 Å². The summed E-state index contributed by atoms with van der Waals surface area (Å²) in [7, 11) is 0. The maximum absolute atomic E-state index is 12.6. The van der Waals surface area contributed by atoms with Crippen LogP contribution in [0.2, 0.25) is 0 Å². The van der Waals surface area contributed by atoms with Crippen molar-refractivity contribution in [2.75, 3.05) is 18.4 Å². The van der Waals surface area contributed by atoms with Crippen LogP contribution in [0.3, 0.4) is 0 Å². The van der Waals surface area contributed by atoms with Crippen molar-refractivity contribution < 1.29 is 9.59 Å². The number of hydrogen-bond donors (Lipinski definition) is 2. The summed E-state index contributed by atoms with van der Waals surface area (Å²) in [6.45, 7) is 0.879. The second-order valence-corrected chi connectivity index (χ2v) is 5.88. The van der Waals surface area contributed by atoms with Crippen LogP contribution in [0.25, 0.3) is 10.9 Å². The van der Waals surface area contributed by atoms with Gasteiger partial charge in [-0.1, -0.05) is 18.2 Å². The Bertz CT molecular complexity index is 898. The van der Waals surface area contributed by atoms with E-state index in [9.17, 15) is 9.59 Å². The van der Waals surface area contributed by atoms with Gasteiger partial charge in [0, 0.05) is 48.3 Å². The van der Waals surface area contributed by atoms with Crippen LogP contribution in [-0.2, 0) is 4.79 Å². The van der Waals surface area contributed by atoms with Crippen molar-refractivity contribution in [3.8, 4) is 0 Å². The molecule has 2 N–H and O–H groups in total. The number of aromatic nitrogens is 2. The number of fused-ring (bicyclic) bond motifs is 1. The van der Waals surface area contributed by atoms with Gasteiger partial charge < -0.3 is 15.2 Å². The Kier molecular flexibility index (Phi) is 3.49. The molecule has 3 heterocycles. The minimum absolute atomic E-state index is 0.0413. The van der Waals surface area contributed by atoms with Crippen molar-refractivity contribution in [2.24, 2.45) is 5.92 Å². The molecule has 0 atom stereocenters. The summed E-state index contributed by atoms with van der Waals surface area (Å²) in [5.41, 5.74) is 2.31. The monoisotopic (exact) mass is 320 g/mol. The summed E-state index contributed by atoms with van der Waals surface area (Å²) < 4.78 is 0. The van der Waals surface area contributed by atoms with E-state index >= 15 is 0 Å². The average Bonchev–Trinajstić information content (AvgIpc) is 2.98. The van der Waals surface area contributed by atoms with Crippen molar-refractivity contribution in [1.29, 1.82) is 0 Å². The van der Waals surface area contributed by atoms with Gasteiger partial charge in [0.05, 0.1) is 11.5 Å². The van der Waals surface area contributed by atoms with Crippen LogP contribution in [0.15, 0.2) is 55.0 Å². The number of para-hydroxylation sites is 1. The number of pyridine rings is 1. The van der Waals surface area contributed by atoms with E-state index in [1.54, 1.807) is 35.6 Å². The minimum Gasteiger partial charge on any atom is -0.360 e. The lowest BCUT2D eigenvalue weighted by Crippen LogP contribution is -2.54. The molecule has 2 aromatic heterocycles. The molecule has 3 aromatic rings. The second-order valence-electron chi connectivity index (χ2n) is 5.88. The van der Waals surface area contributed by atoms with Gasteiger partial charge in [-0.25, -0.2) is 0 Å². The molecule has 0 radical (unpaired) electrons. The molecule has 120 valence electrons. The first-order chi connectivity index (χ1) is 11.7. The second kappa shape index (κ2) is 5.81. The largest absolute Gasteiger partial charge is 0.360 e. The maximum atomic E-state index is 12.6. The van der Waals surface area contributed by atoms with Crippen LogP contribution in [0.5, 0.6) is 0 Å². The molecule has 0 bridgehead atoms. The first-order valence-electron chi connectivity index (χ1n) is 7.78. The summed E-state index contributed by atoms with van der Waals surface area (Å²) in [4.78, 5) is 33.5. The zero-order valence-electron chi connectivity index (χ0n) is 12.9. The van der Waals surface area contributed by atoms with E-state index in [-0.39, 0.29) is 17.7 Å². The standard InChI is InChI=1S/C18H16N4O2/c23-17(21-13-5-7-19-8-6-13)12-10-22(11-12)18(24)15-9-20-16-4-2-1-3-14(15)16/h1-9,12,20H,10-11H2,(H,19,21,23). The molecule has 24 heavy (non-hydrogen) atoms. The molecule has 0 unspecified atom stereocenters. The summed E-state index contributed by atoms with van der Waals surface area (Å²) >= 11 is 0. The van der Waals surface area contributed by atoms with Crippen molar-refractivity contribution in [2.45, 2.75) is 0 Å². The van der Waals surface area contributed by atoms with Crippen molar-refractivity contribution in [3.05, 3.63) is 60.6 Å². The number of carbonyl (C=O) groups is 2. The highest BCUT2D eigenvalue weighted by Gasteiger charge is 2.36. The summed E-state index contributed by atoms with van der Waals surface area (Å²) in [5, 5.41) is 3.75. The fraction of sp³-hybridized carbons (Fsp3) is 0.167. The molecule has 0 aliphatic carbocycles. The molecular weight excluding hydrogens is 304 g/mol. The lowest BCUT2D eigenvalue weighted by Gasteiger charge is -2.38. The first-order valence-corrected chi connectivity index (χ1v) is 7.78. The molecular formula is C18H16N4O2. The van der Waals surface area contributed by atoms with Crippen LogP contribution in [0, 0.1) is 5.92 Å². The van der Waals surface area contributed by atoms with Gasteiger partial charge >= 0.3 is 0 Å². The van der Waals surface area contributed by atoms with Crippen LogP contribution >= 0.6 is 0 Å². The predicted octanol–water partition coefficient (Wildman–Crippen LogP) is 2.27. The Hall–Kier alpha value is -3.15. The van der Waals surface area contributed by atoms with Crippen LogP contribution < -0.4 is 5.32 Å². The summed E-state index contributed by atoms with van der Waals surface area (Å²) in [5.74, 6) is -0.281. The lowest BCUT2D eigenvalue weighted by molar-refractivity contribution is -0.123. The Morgan fingerprint density at radius 2 is 1.88 bits per heavy atom. The number of H-pyrrole nitrogens is 1. The van der Waals surface area contributed by atoms with Gasteiger partial charge in [-0.2, -0.15) is 0 Å². The van der Waals surface area contributed by atoms with Gasteiger partial charge in [-0.3, -0.25) is 14.6 Å². The molecule has 6 nitrogen and oxygen atoms in total. The number of nitrogens with zero attached hydrogens (tertiary/aromatic N) is 2. The third kappa shape index (κ3) is 2.52. The van der Waals surface area contributed by atoms with E-state index in [2.05, 4.69) is 15.3 Å². The van der Waals surface area contributed by atoms with Gasteiger partial charge in [0.1, 0.15) is 0 Å². The number of anilines is 1. The molecule has 6 heteroatoms. The first kappa shape index (κ1) is 14.4. The maximum Gasteiger partial charge on any atom is 0.256 e. The zero-order valence-corrected chi connectivity index (χ0v) is 12.9. The molecule has 1 fully saturated rings. The Morgan fingerprint density at radius 1 is 1.12 bits per heavy atom. The van der Waals surface area contributed by atoms with Gasteiger partial charge in [0.2, 0.25) is 5.91 Å². The highest BCUT2D eigenvalue weighted by molar-refractivity contribution is 6.07. The topological polar surface area (TPSA) is 78.1 Å². The van der Waals surface area contributed by atoms with E-state index in [0.29, 0.717) is 18.7 Å². The van der Waals surface area contributed by atoms with Crippen molar-refractivity contribution in [3.63, 3.8) is 0 Å². The number of rotatable bonds is 3. The molecule has 1 aliphatic heterocycles. The Morgan fingerprint density at radius 3 is 2.67 bits per heavy atom. The van der Waals surface area contributed by atoms with Gasteiger partial charge in [-0.05, 0) is 18.2 Å². The lowest BCUT2D eigenvalue weighted by atomic mass is 9.97. The number of carbonyl (C=O) groups excluding carboxylic acids is 2. The van der Waals surface area contributed by atoms with Gasteiger partial charge in [-0.15, -0.1) is 0 Å². The molecule has 4 rings (SSSR count). The molecule has 0 spiro atoms. The van der Waals surface area contributed by atoms with Crippen LogP contribution in [0.1, 0.15) is 10.4 Å². The van der Waals surface area contributed by atoms with E-state index in [1.165, 1.54) is 0 Å². The fourth-order valence-corrected chi connectivity index (χ4v) is 2.91. The number of hydrogen-bond acceptors (Lipinski definition) is 3. The van der Waals surface area contributed by atoms with E-state index in [4.69, 9.17) is 0 Å². The molecule has 1 aliphatic rings. The van der Waals surface area contributed by atoms with Gasteiger partial charge in [0.15, 0.2) is 0 Å². The zero-order chi connectivity index (χ0) is 16.5. The van der Waals surface area contributed by atoms with Gasteiger partial charge in [0.25, 0.3) is 5.91 Å². The number of aromatic amines is 1. The third-order valence-electron chi connectivity index (χ3n) is 4.31. The van der Waals surface area contributed by atoms with Crippen LogP contribution in [0.4, 0.5) is 5.69 Å². The summed E-state index contributed by atoms with van der Waals surface area (Å²) in [6, 6.07) is 11.2. The predicted molar refractivity (Wildman–Crippen MR) is 90.6 cm³/mol. The number of nitrogens with one attached hydrogen (secondary N) is 2. The molecule has 2 amide bonds. The fourth-order valence-electron chi connectivity index (χ4n) is 2.91. The van der Waals surface area contributed by atoms with E-state index in [0.717, 1.165) is 16.6 Å². The van der Waals surface area contributed by atoms with E-state index < -0.39 is 0 Å². The molecule has 1 aromatic carbocycles. The minimum atomic E-state index is -0.174. The van der Waals surface area contributed by atoms with Crippen molar-refractivity contribution in [1.82, 2.24) is 14.9 Å². The Balaban J connectivity index is 1.40. The Labute approximate surface area is 138 Å². The number of likely N-dealkylation sites (tertiary alicyclic amines) is 1. The SMILES string of the molecule is O=C(Nc1ccncc1)C1CN(C(=O)c2c[nH]c3ccccc23)C1. The van der Waals surface area contributed by atoms with Crippen LogP contribution in [-0.4, -0.2) is 39.8 Å². The smallest absolute Gasteiger partial charge is 0.256 e. The normalized spacial score (nSPS) is 14.4.